The average molecular weight is 449 g/mol. The number of rotatable bonds is 2. The minimum Gasteiger partial charge on any atom is -0.372 e. The molecule has 3 aliphatic heterocycles. The van der Waals surface area contributed by atoms with Gasteiger partial charge in [0.05, 0.1) is 29.6 Å². The number of imide groups is 1. The van der Waals surface area contributed by atoms with E-state index in [1.54, 1.807) is 6.07 Å². The molecule has 9 nitrogen and oxygen atoms in total. The molecular formula is C24H23N3O6. The molecule has 1 spiro atoms. The average Bonchev–Trinajstić information content (AvgIpc) is 2.76. The molecule has 2 aromatic carbocycles. The zero-order chi connectivity index (χ0) is 23.5. The first kappa shape index (κ1) is 21.3. The van der Waals surface area contributed by atoms with Gasteiger partial charge in [-0.15, -0.1) is 0 Å². The van der Waals surface area contributed by atoms with Crippen LogP contribution in [-0.2, 0) is 25.5 Å². The standard InChI is InChI=1S/C24H23N3O6/c1-13-12-26-19-9-16(15-4-3-5-18(8-15)27(31)32)6-7-17(19)11-24(22(26)14(2)33-13)20(28)10-21(29)25-23(24)30/h3-9,13-14,22H,10-12H2,1-2H3,(H,25,29,30)/t13-,14+,22-,24-/m1/s1. The highest BCUT2D eigenvalue weighted by molar-refractivity contribution is 6.22. The van der Waals surface area contributed by atoms with Crippen LogP contribution < -0.4 is 10.2 Å². The highest BCUT2D eigenvalue weighted by Crippen LogP contribution is 2.48. The fraction of sp³-hybridized carbons (Fsp3) is 0.375. The van der Waals surface area contributed by atoms with Crippen LogP contribution in [0.5, 0.6) is 0 Å². The van der Waals surface area contributed by atoms with E-state index >= 15 is 0 Å². The third kappa shape index (κ3) is 3.22. The van der Waals surface area contributed by atoms with Gasteiger partial charge in [-0.1, -0.05) is 24.3 Å². The van der Waals surface area contributed by atoms with E-state index in [4.69, 9.17) is 4.74 Å². The molecule has 2 amide bonds. The van der Waals surface area contributed by atoms with Crippen LogP contribution in [0.3, 0.4) is 0 Å². The maximum absolute atomic E-state index is 13.2. The van der Waals surface area contributed by atoms with E-state index in [9.17, 15) is 24.5 Å². The second-order valence-corrected chi connectivity index (χ2v) is 9.03. The Morgan fingerprint density at radius 1 is 1.12 bits per heavy atom. The van der Waals surface area contributed by atoms with Gasteiger partial charge in [-0.3, -0.25) is 29.8 Å². The summed E-state index contributed by atoms with van der Waals surface area (Å²) in [5, 5.41) is 13.6. The molecule has 0 radical (unpaired) electrons. The molecule has 170 valence electrons. The molecule has 3 aliphatic rings. The lowest BCUT2D eigenvalue weighted by atomic mass is 9.63. The number of benzene rings is 2. The molecule has 0 saturated carbocycles. The number of hydrogen-bond acceptors (Lipinski definition) is 7. The normalized spacial score (nSPS) is 28.8. The molecule has 33 heavy (non-hydrogen) atoms. The van der Waals surface area contributed by atoms with Crippen molar-refractivity contribution < 1.29 is 24.0 Å². The van der Waals surface area contributed by atoms with Crippen LogP contribution in [0.2, 0.25) is 0 Å². The van der Waals surface area contributed by atoms with E-state index < -0.39 is 34.3 Å². The SMILES string of the molecule is C[C@@H]1CN2c3cc(-c4cccc([N+](=O)[O-])c4)ccc3C[C@@]3(C(=O)CC(=O)NC3=O)[C@H]2[C@H](C)O1. The zero-order valence-electron chi connectivity index (χ0n) is 18.2. The molecule has 2 saturated heterocycles. The Balaban J connectivity index is 1.65. The van der Waals surface area contributed by atoms with Crippen LogP contribution in [0, 0.1) is 15.5 Å². The van der Waals surface area contributed by atoms with Gasteiger partial charge < -0.3 is 9.64 Å². The Bertz CT molecular complexity index is 1190. The lowest BCUT2D eigenvalue weighted by Gasteiger charge is -2.55. The predicted octanol–water partition coefficient (Wildman–Crippen LogP) is 2.40. The van der Waals surface area contributed by atoms with Gasteiger partial charge in [0, 0.05) is 24.4 Å². The molecule has 2 aromatic rings. The fourth-order valence-electron chi connectivity index (χ4n) is 5.60. The number of piperidine rings is 1. The second-order valence-electron chi connectivity index (χ2n) is 9.03. The highest BCUT2D eigenvalue weighted by Gasteiger charge is 2.62. The molecular weight excluding hydrogens is 426 g/mol. The maximum Gasteiger partial charge on any atom is 0.270 e. The van der Waals surface area contributed by atoms with E-state index in [0.717, 1.165) is 16.8 Å². The second kappa shape index (κ2) is 7.48. The van der Waals surface area contributed by atoms with Gasteiger partial charge >= 0.3 is 0 Å². The molecule has 3 heterocycles. The molecule has 0 aliphatic carbocycles. The summed E-state index contributed by atoms with van der Waals surface area (Å²) < 4.78 is 6.04. The van der Waals surface area contributed by atoms with Gasteiger partial charge in [0.1, 0.15) is 5.41 Å². The van der Waals surface area contributed by atoms with Crippen molar-refractivity contribution in [3.8, 4) is 11.1 Å². The Morgan fingerprint density at radius 2 is 1.88 bits per heavy atom. The van der Waals surface area contributed by atoms with Crippen molar-refractivity contribution in [2.24, 2.45) is 5.41 Å². The number of ketones is 1. The molecule has 9 heteroatoms. The summed E-state index contributed by atoms with van der Waals surface area (Å²) >= 11 is 0. The number of nitro groups is 1. The third-order valence-electron chi connectivity index (χ3n) is 6.92. The Hall–Kier alpha value is -3.59. The van der Waals surface area contributed by atoms with Crippen molar-refractivity contribution in [2.45, 2.75) is 44.9 Å². The molecule has 0 bridgehead atoms. The van der Waals surface area contributed by atoms with Crippen LogP contribution in [-0.4, -0.2) is 47.3 Å². The lowest BCUT2D eigenvalue weighted by Crippen LogP contribution is -2.72. The van der Waals surface area contributed by atoms with Crippen molar-refractivity contribution in [2.75, 3.05) is 11.4 Å². The number of anilines is 1. The van der Waals surface area contributed by atoms with Gasteiger partial charge in [-0.25, -0.2) is 0 Å². The van der Waals surface area contributed by atoms with E-state index in [0.29, 0.717) is 12.1 Å². The Kier molecular flexibility index (Phi) is 4.82. The van der Waals surface area contributed by atoms with Crippen molar-refractivity contribution in [1.29, 1.82) is 0 Å². The predicted molar refractivity (Wildman–Crippen MR) is 119 cm³/mol. The van der Waals surface area contributed by atoms with Crippen LogP contribution in [0.4, 0.5) is 11.4 Å². The van der Waals surface area contributed by atoms with Crippen LogP contribution in [0.15, 0.2) is 42.5 Å². The fourth-order valence-corrected chi connectivity index (χ4v) is 5.60. The summed E-state index contributed by atoms with van der Waals surface area (Å²) in [6, 6.07) is 11.5. The lowest BCUT2D eigenvalue weighted by molar-refractivity contribution is -0.384. The van der Waals surface area contributed by atoms with Crippen molar-refractivity contribution >= 4 is 29.0 Å². The first-order chi connectivity index (χ1) is 15.7. The number of hydrogen-bond donors (Lipinski definition) is 1. The molecule has 1 N–H and O–H groups in total. The van der Waals surface area contributed by atoms with E-state index in [1.807, 2.05) is 43.0 Å². The molecule has 4 atom stereocenters. The number of nitrogens with zero attached hydrogens (tertiary/aromatic N) is 2. The Labute approximate surface area is 189 Å². The first-order valence-electron chi connectivity index (χ1n) is 10.9. The van der Waals surface area contributed by atoms with Crippen molar-refractivity contribution in [3.63, 3.8) is 0 Å². The summed E-state index contributed by atoms with van der Waals surface area (Å²) in [6.07, 6.45) is -0.728. The van der Waals surface area contributed by atoms with E-state index in [2.05, 4.69) is 5.32 Å². The third-order valence-corrected chi connectivity index (χ3v) is 6.92. The number of nitrogens with one attached hydrogen (secondary N) is 1. The monoisotopic (exact) mass is 449 g/mol. The summed E-state index contributed by atoms with van der Waals surface area (Å²) in [6.45, 7) is 4.25. The van der Waals surface area contributed by atoms with Crippen molar-refractivity contribution in [1.82, 2.24) is 5.32 Å². The molecule has 0 unspecified atom stereocenters. The smallest absolute Gasteiger partial charge is 0.270 e. The van der Waals surface area contributed by atoms with Crippen LogP contribution in [0.1, 0.15) is 25.8 Å². The number of carbonyl (C=O) groups is 3. The first-order valence-corrected chi connectivity index (χ1v) is 10.9. The van der Waals surface area contributed by atoms with Gasteiger partial charge in [0.25, 0.3) is 5.69 Å². The summed E-state index contributed by atoms with van der Waals surface area (Å²) in [5.41, 5.74) is 1.79. The van der Waals surface area contributed by atoms with Crippen LogP contribution in [0.25, 0.3) is 11.1 Å². The summed E-state index contributed by atoms with van der Waals surface area (Å²) in [7, 11) is 0. The number of nitro benzene ring substituents is 1. The Morgan fingerprint density at radius 3 is 2.61 bits per heavy atom. The molecule has 0 aromatic heterocycles. The largest absolute Gasteiger partial charge is 0.372 e. The number of ether oxygens (including phenoxy) is 1. The van der Waals surface area contributed by atoms with E-state index in [-0.39, 0.29) is 30.4 Å². The minimum atomic E-state index is -1.41. The minimum absolute atomic E-state index is 0.00445. The number of Topliss-reactive ketones (excluding diaryl/α,β-unsaturated/α-hetero) is 1. The number of fused-ring (bicyclic) bond motifs is 4. The highest BCUT2D eigenvalue weighted by atomic mass is 16.6. The van der Waals surface area contributed by atoms with Gasteiger partial charge in [-0.05, 0) is 43.0 Å². The van der Waals surface area contributed by atoms with Gasteiger partial charge in [-0.2, -0.15) is 0 Å². The quantitative estimate of drug-likeness (QED) is 0.324. The topological polar surface area (TPSA) is 119 Å². The van der Waals surface area contributed by atoms with Crippen molar-refractivity contribution in [3.05, 3.63) is 58.1 Å². The zero-order valence-corrected chi connectivity index (χ0v) is 18.2. The number of morpholine rings is 1. The maximum atomic E-state index is 13.2. The number of carbonyl (C=O) groups excluding carboxylic acids is 3. The summed E-state index contributed by atoms with van der Waals surface area (Å²) in [5.74, 6) is -1.53. The number of amides is 2. The van der Waals surface area contributed by atoms with Gasteiger partial charge in [0.15, 0.2) is 5.78 Å². The van der Waals surface area contributed by atoms with Crippen LogP contribution >= 0.6 is 0 Å². The van der Waals surface area contributed by atoms with E-state index in [1.165, 1.54) is 12.1 Å². The van der Waals surface area contributed by atoms with Gasteiger partial charge in [0.2, 0.25) is 11.8 Å². The molecule has 2 fully saturated rings. The molecule has 5 rings (SSSR count). The summed E-state index contributed by atoms with van der Waals surface area (Å²) in [4.78, 5) is 51.1. The number of non-ortho nitro benzene ring substituents is 1.